The largest absolute Gasteiger partial charge is 0.494 e. The average molecular weight is 519 g/mol. The highest BCUT2D eigenvalue weighted by molar-refractivity contribution is 14.0. The Hall–Kier alpha value is -2.55. The zero-order valence-corrected chi connectivity index (χ0v) is 20.1. The van der Waals surface area contributed by atoms with E-state index in [-0.39, 0.29) is 24.0 Å². The second-order valence-corrected chi connectivity index (χ2v) is 6.89. The number of rotatable bonds is 8. The van der Waals surface area contributed by atoms with Gasteiger partial charge in [-0.3, -0.25) is 4.99 Å². The second kappa shape index (κ2) is 12.2. The standard InChI is InChI=1S/C23H29N5O.HI/c1-4-29-22-11-9-20(10-12-22)16-27(3)23(24-2)26-15-19-5-7-21(8-6-19)17-28-14-13-25-18-28;/h5-14,18H,4,15-17H2,1-3H3,(H,24,26);1H. The maximum Gasteiger partial charge on any atom is 0.193 e. The lowest BCUT2D eigenvalue weighted by molar-refractivity contribution is 0.340. The van der Waals surface area contributed by atoms with Crippen LogP contribution in [-0.4, -0.2) is 41.1 Å². The first-order valence-electron chi connectivity index (χ1n) is 9.85. The lowest BCUT2D eigenvalue weighted by Gasteiger charge is -2.22. The SMILES string of the molecule is CCOc1ccc(CN(C)C(=NC)NCc2ccc(Cn3ccnc3)cc2)cc1.I. The van der Waals surface area contributed by atoms with E-state index in [9.17, 15) is 0 Å². The molecule has 0 bridgehead atoms. The topological polar surface area (TPSA) is 54.7 Å². The molecule has 2 aromatic carbocycles. The van der Waals surface area contributed by atoms with Crippen LogP contribution in [0.15, 0.2) is 72.2 Å². The molecule has 1 heterocycles. The highest BCUT2D eigenvalue weighted by Gasteiger charge is 2.07. The molecule has 0 aliphatic carbocycles. The summed E-state index contributed by atoms with van der Waals surface area (Å²) in [5.41, 5.74) is 3.68. The van der Waals surface area contributed by atoms with Crippen molar-refractivity contribution in [2.45, 2.75) is 26.6 Å². The normalized spacial score (nSPS) is 11.0. The van der Waals surface area contributed by atoms with E-state index >= 15 is 0 Å². The number of guanidine groups is 1. The summed E-state index contributed by atoms with van der Waals surface area (Å²) in [7, 11) is 3.85. The van der Waals surface area contributed by atoms with Gasteiger partial charge in [0.1, 0.15) is 5.75 Å². The van der Waals surface area contributed by atoms with Gasteiger partial charge in [-0.15, -0.1) is 24.0 Å². The summed E-state index contributed by atoms with van der Waals surface area (Å²) in [4.78, 5) is 10.6. The third kappa shape index (κ3) is 7.05. The molecule has 160 valence electrons. The van der Waals surface area contributed by atoms with Gasteiger partial charge in [0.15, 0.2) is 5.96 Å². The minimum atomic E-state index is 0. The van der Waals surface area contributed by atoms with E-state index in [1.165, 1.54) is 16.7 Å². The second-order valence-electron chi connectivity index (χ2n) is 6.89. The molecule has 3 rings (SSSR count). The lowest BCUT2D eigenvalue weighted by atomic mass is 10.1. The maximum absolute atomic E-state index is 5.51. The predicted octanol–water partition coefficient (Wildman–Crippen LogP) is 4.16. The van der Waals surface area contributed by atoms with Gasteiger partial charge in [0.2, 0.25) is 0 Å². The summed E-state index contributed by atoms with van der Waals surface area (Å²) in [6.45, 7) is 5.01. The molecule has 0 fully saturated rings. The fraction of sp³-hybridized carbons (Fsp3) is 0.304. The molecule has 0 saturated carbocycles. The summed E-state index contributed by atoms with van der Waals surface area (Å²) >= 11 is 0. The Morgan fingerprint density at radius 1 is 1.07 bits per heavy atom. The number of halogens is 1. The Balaban J connectivity index is 0.00000320. The van der Waals surface area contributed by atoms with Gasteiger partial charge in [-0.25, -0.2) is 4.98 Å². The summed E-state index contributed by atoms with van der Waals surface area (Å²) < 4.78 is 7.57. The smallest absolute Gasteiger partial charge is 0.193 e. The molecule has 0 aliphatic heterocycles. The summed E-state index contributed by atoms with van der Waals surface area (Å²) in [6.07, 6.45) is 5.60. The summed E-state index contributed by atoms with van der Waals surface area (Å²) in [6, 6.07) is 16.8. The molecule has 0 spiro atoms. The van der Waals surface area contributed by atoms with E-state index in [2.05, 4.69) is 61.2 Å². The average Bonchev–Trinajstić information content (AvgIpc) is 3.24. The van der Waals surface area contributed by atoms with Crippen LogP contribution in [0.2, 0.25) is 0 Å². The molecule has 6 nitrogen and oxygen atoms in total. The molecular weight excluding hydrogens is 489 g/mol. The summed E-state index contributed by atoms with van der Waals surface area (Å²) in [5, 5.41) is 3.44. The van der Waals surface area contributed by atoms with Crippen molar-refractivity contribution >= 4 is 29.9 Å². The highest BCUT2D eigenvalue weighted by atomic mass is 127. The number of ether oxygens (including phenoxy) is 1. The number of aliphatic imine (C=N–C) groups is 1. The number of nitrogens with one attached hydrogen (secondary N) is 1. The van der Waals surface area contributed by atoms with Crippen molar-refractivity contribution in [3.8, 4) is 5.75 Å². The van der Waals surface area contributed by atoms with E-state index in [0.717, 1.165) is 31.3 Å². The molecule has 7 heteroatoms. The van der Waals surface area contributed by atoms with E-state index < -0.39 is 0 Å². The van der Waals surface area contributed by atoms with E-state index in [1.54, 1.807) is 6.20 Å². The van der Waals surface area contributed by atoms with Crippen LogP contribution in [0, 0.1) is 0 Å². The Labute approximate surface area is 196 Å². The molecule has 30 heavy (non-hydrogen) atoms. The van der Waals surface area contributed by atoms with Crippen LogP contribution in [-0.2, 0) is 19.6 Å². The first-order valence-corrected chi connectivity index (χ1v) is 9.85. The lowest BCUT2D eigenvalue weighted by Crippen LogP contribution is -2.38. The number of nitrogens with zero attached hydrogens (tertiary/aromatic N) is 4. The first kappa shape index (κ1) is 23.7. The Bertz CT molecular complexity index is 892. The van der Waals surface area contributed by atoms with Crippen molar-refractivity contribution in [2.24, 2.45) is 4.99 Å². The molecule has 1 aromatic heterocycles. The molecule has 0 aliphatic rings. The van der Waals surface area contributed by atoms with Crippen molar-refractivity contribution < 1.29 is 4.74 Å². The van der Waals surface area contributed by atoms with Crippen LogP contribution < -0.4 is 10.1 Å². The predicted molar refractivity (Wildman–Crippen MR) is 132 cm³/mol. The molecule has 3 aromatic rings. The minimum Gasteiger partial charge on any atom is -0.494 e. The van der Waals surface area contributed by atoms with Gasteiger partial charge in [0, 0.05) is 46.1 Å². The van der Waals surface area contributed by atoms with Gasteiger partial charge < -0.3 is 19.5 Å². The van der Waals surface area contributed by atoms with Gasteiger partial charge >= 0.3 is 0 Å². The zero-order chi connectivity index (χ0) is 20.5. The highest BCUT2D eigenvalue weighted by Crippen LogP contribution is 2.13. The maximum atomic E-state index is 5.51. The Morgan fingerprint density at radius 2 is 1.73 bits per heavy atom. The zero-order valence-electron chi connectivity index (χ0n) is 17.8. The third-order valence-corrected chi connectivity index (χ3v) is 4.63. The van der Waals surface area contributed by atoms with Gasteiger partial charge in [0.05, 0.1) is 12.9 Å². The van der Waals surface area contributed by atoms with Gasteiger partial charge in [0.25, 0.3) is 0 Å². The number of hydrogen-bond donors (Lipinski definition) is 1. The Kier molecular flexibility index (Phi) is 9.66. The van der Waals surface area contributed by atoms with Crippen molar-refractivity contribution in [3.05, 3.63) is 83.9 Å². The Morgan fingerprint density at radius 3 is 2.33 bits per heavy atom. The minimum absolute atomic E-state index is 0. The number of imidazole rings is 1. The number of hydrogen-bond acceptors (Lipinski definition) is 3. The van der Waals surface area contributed by atoms with Crippen molar-refractivity contribution in [1.29, 1.82) is 0 Å². The molecule has 0 unspecified atom stereocenters. The fourth-order valence-corrected chi connectivity index (χ4v) is 3.13. The first-order chi connectivity index (χ1) is 14.2. The van der Waals surface area contributed by atoms with Crippen LogP contribution in [0.1, 0.15) is 23.6 Å². The number of benzene rings is 2. The van der Waals surface area contributed by atoms with Crippen molar-refractivity contribution in [1.82, 2.24) is 19.8 Å². The molecule has 0 atom stereocenters. The molecule has 1 N–H and O–H groups in total. The van der Waals surface area contributed by atoms with Crippen LogP contribution in [0.4, 0.5) is 0 Å². The van der Waals surface area contributed by atoms with Crippen LogP contribution in [0.3, 0.4) is 0 Å². The molecule has 0 radical (unpaired) electrons. The van der Waals surface area contributed by atoms with Crippen molar-refractivity contribution in [3.63, 3.8) is 0 Å². The monoisotopic (exact) mass is 519 g/mol. The molecule has 0 amide bonds. The van der Waals surface area contributed by atoms with Crippen molar-refractivity contribution in [2.75, 3.05) is 20.7 Å². The van der Waals surface area contributed by atoms with Crippen LogP contribution in [0.25, 0.3) is 0 Å². The van der Waals surface area contributed by atoms with Crippen LogP contribution in [0.5, 0.6) is 5.75 Å². The van der Waals surface area contributed by atoms with E-state index in [1.807, 2.05) is 45.7 Å². The third-order valence-electron chi connectivity index (χ3n) is 4.63. The number of aromatic nitrogens is 2. The van der Waals surface area contributed by atoms with Gasteiger partial charge in [-0.05, 0) is 35.7 Å². The fourth-order valence-electron chi connectivity index (χ4n) is 3.13. The van der Waals surface area contributed by atoms with Gasteiger partial charge in [-0.1, -0.05) is 36.4 Å². The van der Waals surface area contributed by atoms with Crippen LogP contribution >= 0.6 is 24.0 Å². The molecular formula is C23H30IN5O. The summed E-state index contributed by atoms with van der Waals surface area (Å²) in [5.74, 6) is 1.76. The van der Waals surface area contributed by atoms with E-state index in [0.29, 0.717) is 6.61 Å². The molecule has 0 saturated heterocycles. The van der Waals surface area contributed by atoms with E-state index in [4.69, 9.17) is 4.74 Å². The van der Waals surface area contributed by atoms with Gasteiger partial charge in [-0.2, -0.15) is 0 Å². The quantitative estimate of drug-likeness (QED) is 0.276.